The van der Waals surface area contributed by atoms with E-state index in [1.165, 1.54) is 12.1 Å². The molecule has 0 heterocycles. The largest absolute Gasteiger partial charge is 0.384 e. The van der Waals surface area contributed by atoms with Gasteiger partial charge in [-0.15, -0.1) is 0 Å². The maximum atomic E-state index is 13.0. The van der Waals surface area contributed by atoms with E-state index in [-0.39, 0.29) is 5.82 Å². The van der Waals surface area contributed by atoms with Crippen LogP contribution in [0.5, 0.6) is 0 Å². The Balaban J connectivity index is 2.31. The summed E-state index contributed by atoms with van der Waals surface area (Å²) < 4.78 is 13.0. The van der Waals surface area contributed by atoms with Gasteiger partial charge in [-0.3, -0.25) is 0 Å². The zero-order chi connectivity index (χ0) is 14.1. The van der Waals surface area contributed by atoms with Crippen molar-refractivity contribution in [1.29, 1.82) is 0 Å². The molecule has 0 bridgehead atoms. The number of anilines is 1. The zero-order valence-electron chi connectivity index (χ0n) is 12.3. The van der Waals surface area contributed by atoms with Gasteiger partial charge in [0.2, 0.25) is 0 Å². The average Bonchev–Trinajstić information content (AvgIpc) is 2.36. The molecule has 0 aromatic heterocycles. The third kappa shape index (κ3) is 7.13. The molecule has 1 rings (SSSR count). The first-order valence-corrected chi connectivity index (χ1v) is 6.98. The van der Waals surface area contributed by atoms with E-state index in [1.54, 1.807) is 6.07 Å². The van der Waals surface area contributed by atoms with Gasteiger partial charge in [0.05, 0.1) is 0 Å². The minimum Gasteiger partial charge on any atom is -0.384 e. The topological polar surface area (TPSA) is 18.5 Å². The van der Waals surface area contributed by atoms with Crippen LogP contribution in [0, 0.1) is 5.82 Å². The van der Waals surface area contributed by atoms with Crippen LogP contribution in [0.1, 0.15) is 13.3 Å². The van der Waals surface area contributed by atoms with E-state index in [0.717, 1.165) is 44.8 Å². The molecule has 0 unspecified atom stereocenters. The van der Waals surface area contributed by atoms with Crippen molar-refractivity contribution in [2.45, 2.75) is 13.3 Å². The summed E-state index contributed by atoms with van der Waals surface area (Å²) in [6.07, 6.45) is 1.16. The molecule has 0 atom stereocenters. The normalized spacial score (nSPS) is 11.3. The number of halogens is 1. The van der Waals surface area contributed by atoms with Crippen LogP contribution in [0.2, 0.25) is 0 Å². The van der Waals surface area contributed by atoms with Crippen LogP contribution < -0.4 is 5.32 Å². The fraction of sp³-hybridized carbons (Fsp3) is 0.600. The summed E-state index contributed by atoms with van der Waals surface area (Å²) in [7, 11) is 4.18. The molecule has 0 amide bonds. The van der Waals surface area contributed by atoms with Crippen molar-refractivity contribution in [3.05, 3.63) is 30.1 Å². The predicted octanol–water partition coefficient (Wildman–Crippen LogP) is 2.51. The fourth-order valence-corrected chi connectivity index (χ4v) is 1.95. The van der Waals surface area contributed by atoms with Crippen LogP contribution in [-0.4, -0.2) is 56.6 Å². The highest BCUT2D eigenvalue weighted by molar-refractivity contribution is 5.42. The van der Waals surface area contributed by atoms with Crippen LogP contribution in [0.15, 0.2) is 24.3 Å². The van der Waals surface area contributed by atoms with Gasteiger partial charge in [0, 0.05) is 31.9 Å². The summed E-state index contributed by atoms with van der Waals surface area (Å²) in [5, 5.41) is 3.27. The third-order valence-corrected chi connectivity index (χ3v) is 2.99. The molecule has 0 aliphatic carbocycles. The van der Waals surface area contributed by atoms with E-state index >= 15 is 0 Å². The summed E-state index contributed by atoms with van der Waals surface area (Å²) in [4.78, 5) is 4.63. The predicted molar refractivity (Wildman–Crippen MR) is 80.2 cm³/mol. The van der Waals surface area contributed by atoms with E-state index in [2.05, 4.69) is 36.1 Å². The lowest BCUT2D eigenvalue weighted by Gasteiger charge is -2.23. The summed E-state index contributed by atoms with van der Waals surface area (Å²) in [5.74, 6) is -0.192. The van der Waals surface area contributed by atoms with Crippen molar-refractivity contribution in [2.24, 2.45) is 0 Å². The van der Waals surface area contributed by atoms with Crippen molar-refractivity contribution < 1.29 is 4.39 Å². The molecule has 0 aliphatic heterocycles. The van der Waals surface area contributed by atoms with Crippen molar-refractivity contribution in [1.82, 2.24) is 9.80 Å². The smallest absolute Gasteiger partial charge is 0.125 e. The lowest BCUT2D eigenvalue weighted by molar-refractivity contribution is 0.248. The van der Waals surface area contributed by atoms with Crippen LogP contribution in [0.25, 0.3) is 0 Å². The van der Waals surface area contributed by atoms with Crippen LogP contribution in [0.3, 0.4) is 0 Å². The maximum absolute atomic E-state index is 13.0. The molecule has 0 fully saturated rings. The molecule has 108 valence electrons. The molecule has 0 saturated heterocycles. The Hall–Kier alpha value is -1.13. The highest BCUT2D eigenvalue weighted by Gasteiger charge is 2.04. The number of nitrogens with one attached hydrogen (secondary N) is 1. The van der Waals surface area contributed by atoms with Gasteiger partial charge in [-0.1, -0.05) is 13.0 Å². The number of nitrogens with zero attached hydrogens (tertiary/aromatic N) is 2. The minimum absolute atomic E-state index is 0.192. The molecular formula is C15H26FN3. The van der Waals surface area contributed by atoms with E-state index in [9.17, 15) is 4.39 Å². The highest BCUT2D eigenvalue weighted by Crippen LogP contribution is 2.08. The monoisotopic (exact) mass is 267 g/mol. The van der Waals surface area contributed by atoms with Crippen molar-refractivity contribution >= 4 is 5.69 Å². The quantitative estimate of drug-likeness (QED) is 0.741. The van der Waals surface area contributed by atoms with E-state index in [4.69, 9.17) is 0 Å². The van der Waals surface area contributed by atoms with Gasteiger partial charge in [-0.05, 0) is 45.3 Å². The van der Waals surface area contributed by atoms with Gasteiger partial charge in [0.1, 0.15) is 5.82 Å². The molecule has 4 heteroatoms. The Labute approximate surface area is 116 Å². The molecule has 0 saturated carbocycles. The Kier molecular flexibility index (Phi) is 7.45. The van der Waals surface area contributed by atoms with Gasteiger partial charge in [-0.25, -0.2) is 4.39 Å². The van der Waals surface area contributed by atoms with Gasteiger partial charge in [0.15, 0.2) is 0 Å². The Bertz CT molecular complexity index is 355. The van der Waals surface area contributed by atoms with Crippen LogP contribution in [-0.2, 0) is 0 Å². The first kappa shape index (κ1) is 15.9. The highest BCUT2D eigenvalue weighted by atomic mass is 19.1. The third-order valence-electron chi connectivity index (χ3n) is 2.99. The molecule has 0 spiro atoms. The summed E-state index contributed by atoms with van der Waals surface area (Å²) >= 11 is 0. The molecule has 1 aromatic rings. The fourth-order valence-electron chi connectivity index (χ4n) is 1.95. The Morgan fingerprint density at radius 2 is 1.89 bits per heavy atom. The average molecular weight is 267 g/mol. The molecular weight excluding hydrogens is 241 g/mol. The minimum atomic E-state index is -0.192. The van der Waals surface area contributed by atoms with Crippen LogP contribution in [0.4, 0.5) is 10.1 Å². The van der Waals surface area contributed by atoms with E-state index < -0.39 is 0 Å². The van der Waals surface area contributed by atoms with Gasteiger partial charge in [0.25, 0.3) is 0 Å². The van der Waals surface area contributed by atoms with Crippen molar-refractivity contribution in [3.63, 3.8) is 0 Å². The zero-order valence-corrected chi connectivity index (χ0v) is 12.3. The molecule has 1 N–H and O–H groups in total. The van der Waals surface area contributed by atoms with Gasteiger partial charge >= 0.3 is 0 Å². The second-order valence-electron chi connectivity index (χ2n) is 5.08. The van der Waals surface area contributed by atoms with Crippen molar-refractivity contribution in [3.8, 4) is 0 Å². The number of hydrogen-bond donors (Lipinski definition) is 1. The number of hydrogen-bond acceptors (Lipinski definition) is 3. The first-order chi connectivity index (χ1) is 9.11. The Morgan fingerprint density at radius 3 is 2.53 bits per heavy atom. The molecule has 3 nitrogen and oxygen atoms in total. The standard InChI is InChI=1S/C15H26FN3/c1-4-9-19(12-11-18(2)3)10-8-17-15-7-5-6-14(16)13-15/h5-7,13,17H,4,8-12H2,1-3H3. The number of likely N-dealkylation sites (N-methyl/N-ethyl adjacent to an activating group) is 1. The molecule has 19 heavy (non-hydrogen) atoms. The summed E-state index contributed by atoms with van der Waals surface area (Å²) in [6.45, 7) is 7.28. The van der Waals surface area contributed by atoms with Gasteiger partial charge < -0.3 is 15.1 Å². The van der Waals surface area contributed by atoms with Crippen LogP contribution >= 0.6 is 0 Å². The molecule has 0 aliphatic rings. The lowest BCUT2D eigenvalue weighted by Crippen LogP contribution is -2.35. The second kappa shape index (κ2) is 8.88. The summed E-state index contributed by atoms with van der Waals surface area (Å²) in [6, 6.07) is 6.62. The lowest BCUT2D eigenvalue weighted by atomic mass is 10.3. The van der Waals surface area contributed by atoms with E-state index in [1.807, 2.05) is 6.07 Å². The van der Waals surface area contributed by atoms with Gasteiger partial charge in [-0.2, -0.15) is 0 Å². The first-order valence-electron chi connectivity index (χ1n) is 6.98. The SMILES string of the molecule is CCCN(CCNc1cccc(F)c1)CCN(C)C. The van der Waals surface area contributed by atoms with Crippen molar-refractivity contribution in [2.75, 3.05) is 52.1 Å². The molecule has 0 radical (unpaired) electrons. The second-order valence-corrected chi connectivity index (χ2v) is 5.08. The number of rotatable bonds is 9. The Morgan fingerprint density at radius 1 is 1.11 bits per heavy atom. The molecule has 1 aromatic carbocycles. The summed E-state index contributed by atoms with van der Waals surface area (Å²) in [5.41, 5.74) is 0.851. The van der Waals surface area contributed by atoms with E-state index in [0.29, 0.717) is 0 Å². The number of benzene rings is 1. The maximum Gasteiger partial charge on any atom is 0.125 e.